The first-order valence-electron chi connectivity index (χ1n) is 5.86. The van der Waals surface area contributed by atoms with Crippen molar-refractivity contribution in [3.8, 4) is 0 Å². The van der Waals surface area contributed by atoms with Crippen molar-refractivity contribution in [2.75, 3.05) is 12.3 Å². The Balaban J connectivity index is 0.00000288. The molecule has 9 nitrogen and oxygen atoms in total. The molecule has 0 aromatic carbocycles. The van der Waals surface area contributed by atoms with Crippen LogP contribution in [0.4, 0.5) is 0 Å². The number of carbonyl (C=O) groups excluding carboxylic acids is 2. The third-order valence-corrected chi connectivity index (χ3v) is 4.24. The minimum Gasteiger partial charge on any atom is -0.724 e. The van der Waals surface area contributed by atoms with Crippen molar-refractivity contribution >= 4 is 57.2 Å². The first-order valence-corrected chi connectivity index (χ1v) is 8.93. The molecule has 0 unspecified atom stereocenters. The second-order valence-corrected chi connectivity index (χ2v) is 7.03. The van der Waals surface area contributed by atoms with Crippen molar-refractivity contribution in [3.63, 3.8) is 0 Å². The quantitative estimate of drug-likeness (QED) is 0.126. The largest absolute Gasteiger partial charge is 1.00 e. The minimum atomic E-state index is -5.02. The number of amides is 2. The zero-order valence-corrected chi connectivity index (χ0v) is 18.3. The summed E-state index contributed by atoms with van der Waals surface area (Å²) in [6.07, 6.45) is 0. The van der Waals surface area contributed by atoms with Crippen LogP contribution in [-0.4, -0.2) is 53.2 Å². The molecule has 1 N–H and O–H groups in total. The number of rotatable bonds is 6. The molecule has 2 rings (SSSR count). The summed E-state index contributed by atoms with van der Waals surface area (Å²) in [6.45, 7) is -0.233. The van der Waals surface area contributed by atoms with Gasteiger partial charge in [-0.2, -0.15) is 4.28 Å². The van der Waals surface area contributed by atoms with E-state index in [1.165, 1.54) is 12.1 Å². The molecule has 1 atom stereocenters. The predicted molar refractivity (Wildman–Crippen MR) is 79.4 cm³/mol. The van der Waals surface area contributed by atoms with Gasteiger partial charge in [0.15, 0.2) is 0 Å². The monoisotopic (exact) mass is 439 g/mol. The molecule has 0 aliphatic carbocycles. The second kappa shape index (κ2) is 9.46. The van der Waals surface area contributed by atoms with Crippen molar-refractivity contribution in [3.05, 3.63) is 22.4 Å². The number of pyridine rings is 1. The van der Waals surface area contributed by atoms with Crippen LogP contribution in [0.1, 0.15) is 0 Å². The Labute approximate surface area is 194 Å². The molecular formula is C10H8Cl2KN3O6S2. The number of hydroxylamine groups is 2. The van der Waals surface area contributed by atoms with Crippen LogP contribution >= 0.6 is 35.0 Å². The Bertz CT molecular complexity index is 730. The summed E-state index contributed by atoms with van der Waals surface area (Å²) in [6, 6.07) is 2.11. The fraction of sp³-hybridized carbons (Fsp3) is 0.300. The van der Waals surface area contributed by atoms with E-state index in [2.05, 4.69) is 14.6 Å². The molecule has 14 heteroatoms. The van der Waals surface area contributed by atoms with E-state index >= 15 is 0 Å². The molecule has 1 aliphatic rings. The van der Waals surface area contributed by atoms with Gasteiger partial charge in [0.2, 0.25) is 16.3 Å². The SMILES string of the molecule is O=C(CSc1cc(Cl)nc(Cl)c1)N[C@H]1CN(OS(=O)(=O)[O-])C1=O.[K+]. The second-order valence-electron chi connectivity index (χ2n) is 4.24. The average molecular weight is 440 g/mol. The van der Waals surface area contributed by atoms with Gasteiger partial charge in [-0.25, -0.2) is 18.5 Å². The van der Waals surface area contributed by atoms with Crippen molar-refractivity contribution in [2.45, 2.75) is 10.9 Å². The molecule has 126 valence electrons. The summed E-state index contributed by atoms with van der Waals surface area (Å²) in [5.74, 6) is -1.32. The molecule has 1 aromatic heterocycles. The molecule has 24 heavy (non-hydrogen) atoms. The standard InChI is InChI=1S/C10H9Cl2N3O6S2.K/c11-7-1-5(2-8(12)14-7)22-4-9(16)13-6-3-15(10(6)17)21-23(18,19)20;/h1-2,6H,3-4H2,(H,13,16)(H,18,19,20);/q;+1/p-1/t6-;/m0./s1. The number of hydrogen-bond acceptors (Lipinski definition) is 8. The van der Waals surface area contributed by atoms with E-state index in [0.29, 0.717) is 9.96 Å². The van der Waals surface area contributed by atoms with Gasteiger partial charge >= 0.3 is 51.4 Å². The molecule has 0 bridgehead atoms. The van der Waals surface area contributed by atoms with Crippen LogP contribution in [0.15, 0.2) is 17.0 Å². The molecule has 1 fully saturated rings. The molecule has 0 radical (unpaired) electrons. The van der Waals surface area contributed by atoms with Crippen LogP contribution in [0.5, 0.6) is 0 Å². The summed E-state index contributed by atoms with van der Waals surface area (Å²) in [4.78, 5) is 27.6. The van der Waals surface area contributed by atoms with Gasteiger partial charge < -0.3 is 9.87 Å². The molecule has 0 spiro atoms. The third-order valence-electron chi connectivity index (χ3n) is 2.52. The van der Waals surface area contributed by atoms with Crippen LogP contribution in [0, 0.1) is 0 Å². The van der Waals surface area contributed by atoms with E-state index in [4.69, 9.17) is 23.2 Å². The molecule has 1 saturated heterocycles. The Kier molecular flexibility index (Phi) is 8.89. The summed E-state index contributed by atoms with van der Waals surface area (Å²) in [5.41, 5.74) is 0. The molecule has 2 amide bonds. The van der Waals surface area contributed by atoms with Crippen molar-refractivity contribution < 1.29 is 78.2 Å². The van der Waals surface area contributed by atoms with Crippen molar-refractivity contribution in [2.24, 2.45) is 0 Å². The van der Waals surface area contributed by atoms with E-state index < -0.39 is 28.3 Å². The van der Waals surface area contributed by atoms with Crippen LogP contribution in [-0.2, 0) is 24.3 Å². The Morgan fingerprint density at radius 1 is 1.46 bits per heavy atom. The normalized spacial score (nSPS) is 17.0. The zero-order valence-electron chi connectivity index (χ0n) is 12.1. The minimum absolute atomic E-state index is 0. The van der Waals surface area contributed by atoms with E-state index in [1.54, 1.807) is 0 Å². The molecule has 1 aromatic rings. The topological polar surface area (TPSA) is 129 Å². The van der Waals surface area contributed by atoms with Crippen LogP contribution in [0.2, 0.25) is 10.3 Å². The van der Waals surface area contributed by atoms with Gasteiger partial charge in [-0.3, -0.25) is 9.59 Å². The van der Waals surface area contributed by atoms with E-state index in [-0.39, 0.29) is 74.0 Å². The molecule has 2 heterocycles. The summed E-state index contributed by atoms with van der Waals surface area (Å²) >= 11 is 12.6. The van der Waals surface area contributed by atoms with E-state index in [1.807, 2.05) is 0 Å². The average Bonchev–Trinajstić information content (AvgIpc) is 2.41. The summed E-state index contributed by atoms with van der Waals surface area (Å²) < 4.78 is 34.9. The third kappa shape index (κ3) is 7.03. The number of nitrogens with one attached hydrogen (secondary N) is 1. The van der Waals surface area contributed by atoms with Crippen molar-refractivity contribution in [1.29, 1.82) is 0 Å². The van der Waals surface area contributed by atoms with Gasteiger partial charge in [-0.1, -0.05) is 23.2 Å². The number of carbonyl (C=O) groups is 2. The number of thioether (sulfide) groups is 1. The maximum Gasteiger partial charge on any atom is 1.00 e. The zero-order chi connectivity index (χ0) is 17.2. The van der Waals surface area contributed by atoms with Crippen molar-refractivity contribution in [1.82, 2.24) is 15.4 Å². The van der Waals surface area contributed by atoms with Gasteiger partial charge in [0.05, 0.1) is 12.3 Å². The predicted octanol–water partition coefficient (Wildman–Crippen LogP) is -2.80. The first-order chi connectivity index (χ1) is 10.6. The van der Waals surface area contributed by atoms with E-state index in [9.17, 15) is 22.6 Å². The maximum absolute atomic E-state index is 11.7. The Morgan fingerprint density at radius 2 is 2.04 bits per heavy atom. The number of halogens is 2. The number of hydrogen-bond donors (Lipinski definition) is 1. The number of nitrogens with zero attached hydrogens (tertiary/aromatic N) is 2. The number of β-lactam (4-membered cyclic amide) rings is 1. The van der Waals surface area contributed by atoms with Crippen LogP contribution in [0.3, 0.4) is 0 Å². The summed E-state index contributed by atoms with van der Waals surface area (Å²) in [5, 5.41) is 3.10. The maximum atomic E-state index is 11.7. The molecule has 1 aliphatic heterocycles. The fourth-order valence-electron chi connectivity index (χ4n) is 1.59. The van der Waals surface area contributed by atoms with Crippen LogP contribution in [0.25, 0.3) is 0 Å². The van der Waals surface area contributed by atoms with E-state index in [0.717, 1.165) is 11.8 Å². The smallest absolute Gasteiger partial charge is 0.724 e. The first kappa shape index (κ1) is 22.6. The summed E-state index contributed by atoms with van der Waals surface area (Å²) in [7, 11) is -5.02. The molecular weight excluding hydrogens is 432 g/mol. The van der Waals surface area contributed by atoms with Gasteiger partial charge in [0.1, 0.15) is 16.3 Å². The fourth-order valence-corrected chi connectivity index (χ4v) is 3.31. The van der Waals surface area contributed by atoms with Crippen LogP contribution < -0.4 is 56.7 Å². The Morgan fingerprint density at radius 3 is 2.54 bits per heavy atom. The van der Waals surface area contributed by atoms with Gasteiger partial charge in [0, 0.05) is 4.90 Å². The van der Waals surface area contributed by atoms with Gasteiger partial charge in [0.25, 0.3) is 5.91 Å². The number of aromatic nitrogens is 1. The van der Waals surface area contributed by atoms with Gasteiger partial charge in [-0.15, -0.1) is 11.8 Å². The van der Waals surface area contributed by atoms with Gasteiger partial charge in [-0.05, 0) is 12.1 Å². The Hall–Kier alpha value is 0.526. The molecule has 0 saturated carbocycles.